The van der Waals surface area contributed by atoms with E-state index in [1.807, 2.05) is 12.1 Å². The zero-order valence-electron chi connectivity index (χ0n) is 12.1. The Balaban J connectivity index is 1.76. The predicted octanol–water partition coefficient (Wildman–Crippen LogP) is 2.30. The van der Waals surface area contributed by atoms with E-state index in [1.165, 1.54) is 11.3 Å². The van der Waals surface area contributed by atoms with Gasteiger partial charge in [-0.2, -0.15) is 0 Å². The minimum atomic E-state index is -0.446. The molecule has 0 atom stereocenters. The van der Waals surface area contributed by atoms with Crippen molar-refractivity contribution in [3.63, 3.8) is 0 Å². The molecular formula is C15H17N3O3S. The lowest BCUT2D eigenvalue weighted by atomic mass is 10.1. The summed E-state index contributed by atoms with van der Waals surface area (Å²) in [6, 6.07) is 3.61. The maximum atomic E-state index is 12.0. The molecule has 0 unspecified atom stereocenters. The monoisotopic (exact) mass is 319 g/mol. The summed E-state index contributed by atoms with van der Waals surface area (Å²) in [7, 11) is 0. The molecule has 1 saturated heterocycles. The fourth-order valence-corrected chi connectivity index (χ4v) is 4.21. The van der Waals surface area contributed by atoms with E-state index >= 15 is 0 Å². The average Bonchev–Trinajstić information content (AvgIpc) is 3.13. The smallest absolute Gasteiger partial charge is 0.321 e. The van der Waals surface area contributed by atoms with Crippen molar-refractivity contribution in [3.8, 4) is 5.75 Å². The zero-order chi connectivity index (χ0) is 15.1. The lowest BCUT2D eigenvalue weighted by Crippen LogP contribution is -2.46. The third-order valence-electron chi connectivity index (χ3n) is 4.22. The highest BCUT2D eigenvalue weighted by Crippen LogP contribution is 2.38. The molecule has 1 aromatic heterocycles. The molecule has 2 aliphatic rings. The van der Waals surface area contributed by atoms with Gasteiger partial charge in [0.15, 0.2) is 5.13 Å². The van der Waals surface area contributed by atoms with E-state index in [1.54, 1.807) is 4.90 Å². The Bertz CT molecular complexity index is 724. The first-order chi connectivity index (χ1) is 10.7. The first-order valence-electron chi connectivity index (χ1n) is 7.45. The number of carbonyl (C=O) groups excluding carboxylic acids is 1. The summed E-state index contributed by atoms with van der Waals surface area (Å²) in [4.78, 5) is 18.3. The van der Waals surface area contributed by atoms with Gasteiger partial charge in [0.05, 0.1) is 16.8 Å². The number of rotatable bonds is 2. The summed E-state index contributed by atoms with van der Waals surface area (Å²) >= 11 is 1.51. The Hall–Kier alpha value is -1.86. The molecule has 3 heterocycles. The molecule has 1 fully saturated rings. The van der Waals surface area contributed by atoms with Gasteiger partial charge in [0.25, 0.3) is 0 Å². The summed E-state index contributed by atoms with van der Waals surface area (Å²) in [6.45, 7) is 2.01. The van der Waals surface area contributed by atoms with Gasteiger partial charge in [-0.05, 0) is 25.0 Å². The van der Waals surface area contributed by atoms with Crippen LogP contribution in [0.5, 0.6) is 5.75 Å². The summed E-state index contributed by atoms with van der Waals surface area (Å²) < 4.78 is 12.0. The molecule has 6 nitrogen and oxygen atoms in total. The number of anilines is 1. The Labute approximate surface area is 131 Å². The maximum Gasteiger partial charge on any atom is 0.321 e. The van der Waals surface area contributed by atoms with Crippen molar-refractivity contribution in [3.05, 3.63) is 17.7 Å². The van der Waals surface area contributed by atoms with Crippen molar-refractivity contribution >= 4 is 32.7 Å². The van der Waals surface area contributed by atoms with Gasteiger partial charge in [0.2, 0.25) is 0 Å². The number of benzene rings is 1. The highest BCUT2D eigenvalue weighted by Gasteiger charge is 2.29. The highest BCUT2D eigenvalue weighted by molar-refractivity contribution is 7.22. The minimum absolute atomic E-state index is 0.0658. The average molecular weight is 319 g/mol. The van der Waals surface area contributed by atoms with Crippen molar-refractivity contribution in [2.24, 2.45) is 5.73 Å². The van der Waals surface area contributed by atoms with Crippen LogP contribution in [0.2, 0.25) is 0 Å². The van der Waals surface area contributed by atoms with Crippen molar-refractivity contribution in [2.45, 2.75) is 25.3 Å². The molecule has 2 aliphatic heterocycles. The van der Waals surface area contributed by atoms with E-state index in [0.717, 1.165) is 40.8 Å². The third-order valence-corrected chi connectivity index (χ3v) is 5.24. The molecule has 0 spiro atoms. The fourth-order valence-electron chi connectivity index (χ4n) is 3.13. The summed E-state index contributed by atoms with van der Waals surface area (Å²) in [6.07, 6.45) is 2.45. The van der Waals surface area contributed by atoms with Gasteiger partial charge in [0.1, 0.15) is 5.75 Å². The van der Waals surface area contributed by atoms with Crippen LogP contribution in [0.3, 0.4) is 0 Å². The first-order valence-corrected chi connectivity index (χ1v) is 8.27. The largest absolute Gasteiger partial charge is 0.493 e. The van der Waals surface area contributed by atoms with Gasteiger partial charge >= 0.3 is 6.03 Å². The number of aromatic nitrogens is 1. The van der Waals surface area contributed by atoms with Gasteiger partial charge in [-0.1, -0.05) is 11.3 Å². The Morgan fingerprint density at radius 3 is 2.91 bits per heavy atom. The van der Waals surface area contributed by atoms with Crippen molar-refractivity contribution in [1.82, 2.24) is 4.98 Å². The van der Waals surface area contributed by atoms with Crippen LogP contribution in [0.25, 0.3) is 10.2 Å². The zero-order valence-corrected chi connectivity index (χ0v) is 12.9. The molecule has 2 amide bonds. The van der Waals surface area contributed by atoms with Crippen LogP contribution >= 0.6 is 11.3 Å². The van der Waals surface area contributed by atoms with Crippen molar-refractivity contribution in [1.29, 1.82) is 0 Å². The summed E-state index contributed by atoms with van der Waals surface area (Å²) in [5.74, 6) is 0.904. The van der Waals surface area contributed by atoms with E-state index in [-0.39, 0.29) is 6.04 Å². The Morgan fingerprint density at radius 2 is 2.14 bits per heavy atom. The number of primary amides is 1. The number of urea groups is 1. The molecule has 2 aromatic rings. The summed E-state index contributed by atoms with van der Waals surface area (Å²) in [5, 5.41) is 0.676. The quantitative estimate of drug-likeness (QED) is 0.921. The lowest BCUT2D eigenvalue weighted by molar-refractivity contribution is 0.0858. The maximum absolute atomic E-state index is 12.0. The van der Waals surface area contributed by atoms with Gasteiger partial charge in [-0.15, -0.1) is 0 Å². The van der Waals surface area contributed by atoms with E-state index in [0.29, 0.717) is 25.0 Å². The molecule has 0 saturated carbocycles. The number of carbonyl (C=O) groups is 1. The van der Waals surface area contributed by atoms with Gasteiger partial charge in [0, 0.05) is 31.2 Å². The van der Waals surface area contributed by atoms with E-state index in [2.05, 4.69) is 0 Å². The Morgan fingerprint density at radius 1 is 1.32 bits per heavy atom. The molecule has 4 rings (SSSR count). The van der Waals surface area contributed by atoms with E-state index in [9.17, 15) is 4.79 Å². The van der Waals surface area contributed by atoms with Gasteiger partial charge < -0.3 is 15.2 Å². The number of nitrogens with zero attached hydrogens (tertiary/aromatic N) is 2. The van der Waals surface area contributed by atoms with Crippen LogP contribution in [0.4, 0.5) is 9.93 Å². The number of amides is 2. The molecule has 0 radical (unpaired) electrons. The van der Waals surface area contributed by atoms with Gasteiger partial charge in [-0.3, -0.25) is 4.90 Å². The van der Waals surface area contributed by atoms with E-state index < -0.39 is 6.03 Å². The number of hydrogen-bond donors (Lipinski definition) is 1. The second kappa shape index (κ2) is 5.40. The SMILES string of the molecule is NC(=O)N(c1nc2c3c(ccc2s1)OCC3)C1CCOCC1. The second-order valence-corrected chi connectivity index (χ2v) is 6.54. The molecule has 7 heteroatoms. The molecule has 22 heavy (non-hydrogen) atoms. The lowest BCUT2D eigenvalue weighted by Gasteiger charge is -2.31. The third kappa shape index (κ3) is 2.21. The highest BCUT2D eigenvalue weighted by atomic mass is 32.1. The van der Waals surface area contributed by atoms with Crippen LogP contribution in [-0.4, -0.2) is 36.9 Å². The standard InChI is InChI=1S/C15H17N3O3S/c16-14(19)18(9-3-6-20-7-4-9)15-17-13-10-5-8-21-11(10)1-2-12(13)22-15/h1-2,9H,3-8H2,(H2,16,19). The number of fused-ring (bicyclic) bond motifs is 3. The topological polar surface area (TPSA) is 77.7 Å². The van der Waals surface area contributed by atoms with Crippen LogP contribution in [0, 0.1) is 0 Å². The van der Waals surface area contributed by atoms with Crippen LogP contribution in [0.15, 0.2) is 12.1 Å². The van der Waals surface area contributed by atoms with E-state index in [4.69, 9.17) is 20.2 Å². The number of nitrogens with two attached hydrogens (primary N) is 1. The minimum Gasteiger partial charge on any atom is -0.493 e. The van der Waals surface area contributed by atoms with Crippen LogP contribution in [0.1, 0.15) is 18.4 Å². The number of thiazole rings is 1. The van der Waals surface area contributed by atoms with Crippen molar-refractivity contribution in [2.75, 3.05) is 24.7 Å². The number of hydrogen-bond acceptors (Lipinski definition) is 5. The van der Waals surface area contributed by atoms with Crippen LogP contribution in [-0.2, 0) is 11.2 Å². The first kappa shape index (κ1) is 13.8. The molecular weight excluding hydrogens is 302 g/mol. The predicted molar refractivity (Wildman–Crippen MR) is 84.7 cm³/mol. The van der Waals surface area contributed by atoms with Gasteiger partial charge in [-0.25, -0.2) is 9.78 Å². The molecule has 116 valence electrons. The molecule has 0 aliphatic carbocycles. The summed E-state index contributed by atoms with van der Waals surface area (Å²) in [5.41, 5.74) is 7.70. The second-order valence-electron chi connectivity index (χ2n) is 5.54. The van der Waals surface area contributed by atoms with Crippen LogP contribution < -0.4 is 15.4 Å². The molecule has 0 bridgehead atoms. The number of ether oxygens (including phenoxy) is 2. The fraction of sp³-hybridized carbons (Fsp3) is 0.467. The molecule has 2 N–H and O–H groups in total. The normalized spacial score (nSPS) is 18.2. The Kier molecular flexibility index (Phi) is 3.38. The van der Waals surface area contributed by atoms with Crippen molar-refractivity contribution < 1.29 is 14.3 Å². The molecule has 1 aromatic carbocycles.